The molecule has 1 aromatic carbocycles. The van der Waals surface area contributed by atoms with E-state index in [4.69, 9.17) is 17.0 Å². The number of nitrogens with one attached hydrogen (secondary N) is 2. The van der Waals surface area contributed by atoms with Crippen LogP contribution in [0, 0.1) is 12.7 Å². The number of benzene rings is 1. The molecular formula is C11H15FN2OS. The van der Waals surface area contributed by atoms with Crippen LogP contribution in [0.15, 0.2) is 18.2 Å². The predicted octanol–water partition coefficient (Wildman–Crippen LogP) is 2.07. The number of thiocarbonyl (C=S) groups is 1. The Bertz CT molecular complexity index is 351. The van der Waals surface area contributed by atoms with Crippen molar-refractivity contribution in [2.75, 3.05) is 25.6 Å². The van der Waals surface area contributed by atoms with Crippen molar-refractivity contribution in [3.63, 3.8) is 0 Å². The van der Waals surface area contributed by atoms with Crippen LogP contribution in [0.1, 0.15) is 5.56 Å². The van der Waals surface area contributed by atoms with Gasteiger partial charge in [-0.2, -0.15) is 0 Å². The van der Waals surface area contributed by atoms with Crippen LogP contribution in [-0.4, -0.2) is 25.4 Å². The van der Waals surface area contributed by atoms with Gasteiger partial charge in [0.15, 0.2) is 5.11 Å². The number of aryl methyl sites for hydroxylation is 1. The highest BCUT2D eigenvalue weighted by Gasteiger charge is 2.00. The van der Waals surface area contributed by atoms with Gasteiger partial charge in [0.1, 0.15) is 5.82 Å². The lowest BCUT2D eigenvalue weighted by Gasteiger charge is -2.10. The average Bonchev–Trinajstić information content (AvgIpc) is 2.16. The van der Waals surface area contributed by atoms with Gasteiger partial charge in [0.25, 0.3) is 0 Å². The zero-order valence-corrected chi connectivity index (χ0v) is 10.2. The summed E-state index contributed by atoms with van der Waals surface area (Å²) in [6, 6.07) is 4.69. The fourth-order valence-electron chi connectivity index (χ4n) is 1.25. The van der Waals surface area contributed by atoms with Gasteiger partial charge in [0.05, 0.1) is 6.61 Å². The maximum absolute atomic E-state index is 13.1. The average molecular weight is 242 g/mol. The van der Waals surface area contributed by atoms with Gasteiger partial charge >= 0.3 is 0 Å². The van der Waals surface area contributed by atoms with Crippen LogP contribution in [0.2, 0.25) is 0 Å². The van der Waals surface area contributed by atoms with Gasteiger partial charge in [-0.05, 0) is 42.9 Å². The van der Waals surface area contributed by atoms with Gasteiger partial charge < -0.3 is 15.4 Å². The summed E-state index contributed by atoms with van der Waals surface area (Å²) in [7, 11) is 1.62. The minimum atomic E-state index is -0.276. The van der Waals surface area contributed by atoms with E-state index in [1.54, 1.807) is 7.11 Å². The summed E-state index contributed by atoms with van der Waals surface area (Å²) in [6.07, 6.45) is 0. The first-order valence-electron chi connectivity index (χ1n) is 4.93. The highest BCUT2D eigenvalue weighted by molar-refractivity contribution is 7.80. The summed E-state index contributed by atoms with van der Waals surface area (Å²) in [6.45, 7) is 3.02. The highest BCUT2D eigenvalue weighted by atomic mass is 32.1. The largest absolute Gasteiger partial charge is 0.383 e. The number of halogens is 1. The molecule has 0 radical (unpaired) electrons. The van der Waals surface area contributed by atoms with Gasteiger partial charge in [-0.1, -0.05) is 0 Å². The summed E-state index contributed by atoms with van der Waals surface area (Å²) >= 11 is 5.04. The third-order valence-electron chi connectivity index (χ3n) is 1.89. The lowest BCUT2D eigenvalue weighted by Crippen LogP contribution is -2.31. The van der Waals surface area contributed by atoms with Crippen LogP contribution in [0.5, 0.6) is 0 Å². The van der Waals surface area contributed by atoms with Crippen molar-refractivity contribution < 1.29 is 9.13 Å². The van der Waals surface area contributed by atoms with E-state index in [0.717, 1.165) is 5.56 Å². The molecule has 88 valence electrons. The molecule has 0 aliphatic heterocycles. The number of rotatable bonds is 4. The van der Waals surface area contributed by atoms with Crippen molar-refractivity contribution in [1.82, 2.24) is 5.32 Å². The molecule has 0 saturated carbocycles. The van der Waals surface area contributed by atoms with Gasteiger partial charge in [0, 0.05) is 19.3 Å². The first kappa shape index (κ1) is 12.9. The summed E-state index contributed by atoms with van der Waals surface area (Å²) < 4.78 is 17.9. The van der Waals surface area contributed by atoms with Crippen molar-refractivity contribution in [2.24, 2.45) is 0 Å². The smallest absolute Gasteiger partial charge is 0.170 e. The van der Waals surface area contributed by atoms with E-state index in [-0.39, 0.29) is 5.82 Å². The van der Waals surface area contributed by atoms with Crippen LogP contribution < -0.4 is 10.6 Å². The van der Waals surface area contributed by atoms with Crippen LogP contribution in [0.3, 0.4) is 0 Å². The molecule has 5 heteroatoms. The molecule has 1 aromatic rings. The first-order chi connectivity index (χ1) is 7.61. The Labute approximate surface area is 100.0 Å². The van der Waals surface area contributed by atoms with E-state index in [1.165, 1.54) is 12.1 Å². The number of ether oxygens (including phenoxy) is 1. The third-order valence-corrected chi connectivity index (χ3v) is 2.14. The zero-order valence-electron chi connectivity index (χ0n) is 9.34. The molecular weight excluding hydrogens is 227 g/mol. The van der Waals surface area contributed by atoms with E-state index < -0.39 is 0 Å². The topological polar surface area (TPSA) is 33.3 Å². The zero-order chi connectivity index (χ0) is 12.0. The van der Waals surface area contributed by atoms with Crippen LogP contribution >= 0.6 is 12.2 Å². The molecule has 0 amide bonds. The lowest BCUT2D eigenvalue weighted by molar-refractivity contribution is 0.204. The minimum Gasteiger partial charge on any atom is -0.383 e. The number of hydrogen-bond donors (Lipinski definition) is 2. The van der Waals surface area contributed by atoms with Crippen LogP contribution in [0.25, 0.3) is 0 Å². The molecule has 2 N–H and O–H groups in total. The maximum Gasteiger partial charge on any atom is 0.170 e. The van der Waals surface area contributed by atoms with Crippen molar-refractivity contribution in [2.45, 2.75) is 6.92 Å². The SMILES string of the molecule is COCCNC(=S)Nc1cc(C)cc(F)c1. The first-order valence-corrected chi connectivity index (χ1v) is 5.33. The number of anilines is 1. The van der Waals surface area contributed by atoms with Gasteiger partial charge in [-0.25, -0.2) is 4.39 Å². The Morgan fingerprint density at radius 1 is 1.44 bits per heavy atom. The Morgan fingerprint density at radius 2 is 2.19 bits per heavy atom. The number of hydrogen-bond acceptors (Lipinski definition) is 2. The van der Waals surface area contributed by atoms with E-state index in [1.807, 2.05) is 13.0 Å². The Hall–Kier alpha value is -1.20. The molecule has 1 rings (SSSR count). The van der Waals surface area contributed by atoms with Crippen LogP contribution in [-0.2, 0) is 4.74 Å². The molecule has 0 saturated heterocycles. The normalized spacial score (nSPS) is 9.94. The summed E-state index contributed by atoms with van der Waals surface area (Å²) in [4.78, 5) is 0. The van der Waals surface area contributed by atoms with E-state index in [9.17, 15) is 4.39 Å². The molecule has 0 aliphatic carbocycles. The summed E-state index contributed by atoms with van der Waals surface area (Å²) in [5.41, 5.74) is 1.50. The van der Waals surface area contributed by atoms with E-state index in [0.29, 0.717) is 24.0 Å². The van der Waals surface area contributed by atoms with Crippen molar-refractivity contribution in [1.29, 1.82) is 0 Å². The molecule has 0 spiro atoms. The van der Waals surface area contributed by atoms with Crippen LogP contribution in [0.4, 0.5) is 10.1 Å². The maximum atomic E-state index is 13.1. The molecule has 0 heterocycles. The molecule has 0 unspecified atom stereocenters. The standard InChI is InChI=1S/C11H15FN2OS/c1-8-5-9(12)7-10(6-8)14-11(16)13-3-4-15-2/h5-7H,3-4H2,1-2H3,(H2,13,14,16). The molecule has 3 nitrogen and oxygen atoms in total. The molecule has 0 fully saturated rings. The Balaban J connectivity index is 2.49. The summed E-state index contributed by atoms with van der Waals surface area (Å²) in [5.74, 6) is -0.276. The van der Waals surface area contributed by atoms with Crippen molar-refractivity contribution >= 4 is 23.0 Å². The minimum absolute atomic E-state index is 0.276. The van der Waals surface area contributed by atoms with Gasteiger partial charge in [-0.3, -0.25) is 0 Å². The summed E-state index contributed by atoms with van der Waals surface area (Å²) in [5, 5.41) is 6.31. The van der Waals surface area contributed by atoms with Crippen molar-refractivity contribution in [3.05, 3.63) is 29.6 Å². The molecule has 0 bridgehead atoms. The molecule has 0 aromatic heterocycles. The highest BCUT2D eigenvalue weighted by Crippen LogP contribution is 2.12. The fraction of sp³-hybridized carbons (Fsp3) is 0.364. The lowest BCUT2D eigenvalue weighted by atomic mass is 10.2. The molecule has 0 aliphatic rings. The van der Waals surface area contributed by atoms with Gasteiger partial charge in [0.2, 0.25) is 0 Å². The molecule has 16 heavy (non-hydrogen) atoms. The fourth-order valence-corrected chi connectivity index (χ4v) is 1.47. The monoisotopic (exact) mass is 242 g/mol. The van der Waals surface area contributed by atoms with Crippen molar-refractivity contribution in [3.8, 4) is 0 Å². The second-order valence-corrected chi connectivity index (χ2v) is 3.80. The quantitative estimate of drug-likeness (QED) is 0.625. The Morgan fingerprint density at radius 3 is 2.81 bits per heavy atom. The number of methoxy groups -OCH3 is 1. The second kappa shape index (κ2) is 6.40. The van der Waals surface area contributed by atoms with Gasteiger partial charge in [-0.15, -0.1) is 0 Å². The Kier molecular flexibility index (Phi) is 5.14. The molecule has 0 atom stereocenters. The predicted molar refractivity (Wildman–Crippen MR) is 67.2 cm³/mol. The van der Waals surface area contributed by atoms with E-state index in [2.05, 4.69) is 10.6 Å². The third kappa shape index (κ3) is 4.55. The van der Waals surface area contributed by atoms with E-state index >= 15 is 0 Å². The second-order valence-electron chi connectivity index (χ2n) is 3.39.